The van der Waals surface area contributed by atoms with Crippen molar-refractivity contribution in [3.8, 4) is 5.75 Å². The van der Waals surface area contributed by atoms with Crippen LogP contribution in [-0.4, -0.2) is 78.4 Å². The maximum atomic E-state index is 13.5. The number of hydrogen-bond donors (Lipinski definition) is 2. The molecule has 1 unspecified atom stereocenters. The highest BCUT2D eigenvalue weighted by atomic mass is 19.4. The molecule has 2 saturated heterocycles. The highest BCUT2D eigenvalue weighted by Gasteiger charge is 2.50. The van der Waals surface area contributed by atoms with Crippen LogP contribution in [0.4, 0.5) is 35.3 Å². The summed E-state index contributed by atoms with van der Waals surface area (Å²) in [5.41, 5.74) is 0.445. The monoisotopic (exact) mass is 576 g/mol. The molecule has 2 aromatic heterocycles. The normalized spacial score (nSPS) is 23.6. The van der Waals surface area contributed by atoms with Crippen LogP contribution in [0.5, 0.6) is 5.75 Å². The van der Waals surface area contributed by atoms with Gasteiger partial charge in [0.25, 0.3) is 5.91 Å². The molecule has 3 fully saturated rings. The Morgan fingerprint density at radius 2 is 2.02 bits per heavy atom. The Balaban J connectivity index is 1.17. The van der Waals surface area contributed by atoms with Gasteiger partial charge in [-0.3, -0.25) is 15.0 Å². The van der Waals surface area contributed by atoms with Crippen molar-refractivity contribution in [2.45, 2.75) is 63.3 Å². The highest BCUT2D eigenvalue weighted by molar-refractivity contribution is 6.05. The number of urea groups is 1. The third kappa shape index (κ3) is 5.89. The number of ether oxygens (including phenoxy) is 3. The van der Waals surface area contributed by atoms with Gasteiger partial charge in [-0.05, 0) is 57.2 Å². The van der Waals surface area contributed by atoms with E-state index < -0.39 is 35.9 Å². The number of carbonyl (C=O) groups is 2. The van der Waals surface area contributed by atoms with Crippen molar-refractivity contribution in [3.05, 3.63) is 36.2 Å². The standard InChI is InChI=1S/C27H31F3N6O5/c1-26(2)40-14-18(41-26)13-39-17-7-9-31-21(11-17)33-25(38)36-16-8-10-35(12-16)20-6-5-19(32-23(20)36)24(37)34-22(15-3-4-15)27(28,29)30/h5-7,9,11,15-16,18,22H,3-4,8,10,12-14H2,1-2H3,(H,34,37)(H,31,33,38)/t16?,18-,22+/m0/s1. The van der Waals surface area contributed by atoms with Crippen LogP contribution in [0.2, 0.25) is 0 Å². The minimum absolute atomic E-state index is 0.186. The first-order valence-corrected chi connectivity index (χ1v) is 13.6. The fourth-order valence-electron chi connectivity index (χ4n) is 5.48. The van der Waals surface area contributed by atoms with Crippen LogP contribution in [0.15, 0.2) is 30.5 Å². The maximum Gasteiger partial charge on any atom is 0.408 e. The van der Waals surface area contributed by atoms with E-state index in [4.69, 9.17) is 14.2 Å². The zero-order valence-electron chi connectivity index (χ0n) is 22.6. The molecule has 220 valence electrons. The fraction of sp³-hybridized carbons (Fsp3) is 0.556. The highest BCUT2D eigenvalue weighted by Crippen LogP contribution is 2.41. The summed E-state index contributed by atoms with van der Waals surface area (Å²) in [6.45, 7) is 5.56. The van der Waals surface area contributed by atoms with Crippen molar-refractivity contribution >= 4 is 29.3 Å². The zero-order valence-corrected chi connectivity index (χ0v) is 22.6. The molecule has 2 bridgehead atoms. The van der Waals surface area contributed by atoms with E-state index in [0.29, 0.717) is 50.4 Å². The summed E-state index contributed by atoms with van der Waals surface area (Å²) in [5, 5.41) is 4.88. The summed E-state index contributed by atoms with van der Waals surface area (Å²) in [6.07, 6.45) is -1.80. The Morgan fingerprint density at radius 1 is 1.22 bits per heavy atom. The first-order valence-electron chi connectivity index (χ1n) is 13.6. The molecule has 41 heavy (non-hydrogen) atoms. The van der Waals surface area contributed by atoms with Crippen molar-refractivity contribution < 1.29 is 37.0 Å². The van der Waals surface area contributed by atoms with Crippen molar-refractivity contribution in [1.82, 2.24) is 15.3 Å². The number of amides is 3. The summed E-state index contributed by atoms with van der Waals surface area (Å²) in [4.78, 5) is 38.5. The lowest BCUT2D eigenvalue weighted by molar-refractivity contribution is -0.158. The maximum absolute atomic E-state index is 13.5. The number of fused-ring (bicyclic) bond motifs is 4. The summed E-state index contributed by atoms with van der Waals surface area (Å²) in [6, 6.07) is 3.58. The largest absolute Gasteiger partial charge is 0.491 e. The molecule has 0 spiro atoms. The number of hydrogen-bond acceptors (Lipinski definition) is 8. The van der Waals surface area contributed by atoms with E-state index in [0.717, 1.165) is 0 Å². The van der Waals surface area contributed by atoms with Crippen LogP contribution in [0.3, 0.4) is 0 Å². The predicted molar refractivity (Wildman–Crippen MR) is 141 cm³/mol. The quantitative estimate of drug-likeness (QED) is 0.513. The van der Waals surface area contributed by atoms with Crippen molar-refractivity contribution in [2.75, 3.05) is 41.4 Å². The number of rotatable bonds is 7. The van der Waals surface area contributed by atoms with E-state index in [1.54, 1.807) is 18.2 Å². The van der Waals surface area contributed by atoms with Gasteiger partial charge in [0, 0.05) is 25.4 Å². The topological polar surface area (TPSA) is 118 Å². The molecule has 11 nitrogen and oxygen atoms in total. The average Bonchev–Trinajstić information content (AvgIpc) is 3.57. The SMILES string of the molecule is CC1(C)OC[C@H](COc2ccnc(NC(=O)N3c4nc(C(=O)N[C@H](C5CC5)C(F)(F)F)ccc4N4CCC3C4)c2)O1. The number of pyridine rings is 2. The molecule has 1 aliphatic carbocycles. The predicted octanol–water partition coefficient (Wildman–Crippen LogP) is 3.71. The molecule has 3 aliphatic heterocycles. The van der Waals surface area contributed by atoms with Crippen LogP contribution in [0.25, 0.3) is 0 Å². The lowest BCUT2D eigenvalue weighted by Crippen LogP contribution is -2.49. The number of anilines is 3. The summed E-state index contributed by atoms with van der Waals surface area (Å²) >= 11 is 0. The second kappa shape index (κ2) is 10.3. The lowest BCUT2D eigenvalue weighted by atomic mass is 10.1. The van der Waals surface area contributed by atoms with E-state index in [-0.39, 0.29) is 36.1 Å². The summed E-state index contributed by atoms with van der Waals surface area (Å²) in [7, 11) is 0. The lowest BCUT2D eigenvalue weighted by Gasteiger charge is -2.35. The van der Waals surface area contributed by atoms with Crippen molar-refractivity contribution in [3.63, 3.8) is 0 Å². The molecule has 0 radical (unpaired) electrons. The second-order valence-electron chi connectivity index (χ2n) is 11.2. The third-order valence-electron chi connectivity index (χ3n) is 7.61. The number of nitrogens with one attached hydrogen (secondary N) is 2. The van der Waals surface area contributed by atoms with Crippen LogP contribution in [0.1, 0.15) is 43.6 Å². The van der Waals surface area contributed by atoms with Gasteiger partial charge in [-0.2, -0.15) is 13.2 Å². The number of aromatic nitrogens is 2. The molecule has 6 rings (SSSR count). The van der Waals surface area contributed by atoms with Gasteiger partial charge in [-0.15, -0.1) is 0 Å². The van der Waals surface area contributed by atoms with Gasteiger partial charge >= 0.3 is 12.2 Å². The molecule has 2 aromatic rings. The van der Waals surface area contributed by atoms with E-state index >= 15 is 0 Å². The van der Waals surface area contributed by atoms with Crippen LogP contribution >= 0.6 is 0 Å². The number of alkyl halides is 3. The van der Waals surface area contributed by atoms with Gasteiger partial charge in [-0.1, -0.05) is 0 Å². The smallest absolute Gasteiger partial charge is 0.408 e. The fourth-order valence-corrected chi connectivity index (χ4v) is 5.48. The van der Waals surface area contributed by atoms with E-state index in [9.17, 15) is 22.8 Å². The molecule has 2 N–H and O–H groups in total. The number of halogens is 3. The molecule has 1 saturated carbocycles. The Hall–Kier alpha value is -3.65. The molecule has 3 amide bonds. The van der Waals surface area contributed by atoms with E-state index in [2.05, 4.69) is 20.6 Å². The minimum Gasteiger partial charge on any atom is -0.491 e. The van der Waals surface area contributed by atoms with Crippen molar-refractivity contribution in [1.29, 1.82) is 0 Å². The third-order valence-corrected chi connectivity index (χ3v) is 7.61. The second-order valence-corrected chi connectivity index (χ2v) is 11.2. The Labute approximate surface area is 234 Å². The van der Waals surface area contributed by atoms with Gasteiger partial charge in [0.1, 0.15) is 36.0 Å². The Kier molecular flexibility index (Phi) is 6.92. The summed E-state index contributed by atoms with van der Waals surface area (Å²) < 4.78 is 57.6. The molecular weight excluding hydrogens is 545 g/mol. The van der Waals surface area contributed by atoms with Crippen LogP contribution in [0, 0.1) is 5.92 Å². The van der Waals surface area contributed by atoms with Gasteiger partial charge in [0.05, 0.1) is 18.3 Å². The van der Waals surface area contributed by atoms with Gasteiger partial charge in [0.2, 0.25) is 0 Å². The number of nitrogens with zero attached hydrogens (tertiary/aromatic N) is 4. The number of carbonyl (C=O) groups excluding carboxylic acids is 2. The van der Waals surface area contributed by atoms with E-state index in [1.165, 1.54) is 17.2 Å². The molecule has 4 aliphatic rings. The minimum atomic E-state index is -4.55. The van der Waals surface area contributed by atoms with E-state index in [1.807, 2.05) is 18.7 Å². The summed E-state index contributed by atoms with van der Waals surface area (Å²) in [5.74, 6) is -1.29. The molecule has 14 heteroatoms. The van der Waals surface area contributed by atoms with Crippen LogP contribution in [-0.2, 0) is 9.47 Å². The van der Waals surface area contributed by atoms with Gasteiger partial charge in [0.15, 0.2) is 11.6 Å². The Morgan fingerprint density at radius 3 is 2.73 bits per heavy atom. The molecule has 0 aromatic carbocycles. The molecule has 3 atom stereocenters. The van der Waals surface area contributed by atoms with Crippen molar-refractivity contribution in [2.24, 2.45) is 5.92 Å². The van der Waals surface area contributed by atoms with Gasteiger partial charge < -0.3 is 24.4 Å². The molecular formula is C27H31F3N6O5. The molecule has 5 heterocycles. The zero-order chi connectivity index (χ0) is 28.9. The first-order chi connectivity index (χ1) is 19.5. The average molecular weight is 577 g/mol. The van der Waals surface area contributed by atoms with Gasteiger partial charge in [-0.25, -0.2) is 14.8 Å². The Bertz CT molecular complexity index is 1340. The van der Waals surface area contributed by atoms with Crippen LogP contribution < -0.4 is 25.2 Å². The first kappa shape index (κ1) is 27.5.